The van der Waals surface area contributed by atoms with Crippen molar-refractivity contribution in [2.75, 3.05) is 13.1 Å². The number of aliphatic hydroxyl groups excluding tert-OH is 1. The lowest BCUT2D eigenvalue weighted by Crippen LogP contribution is -2.55. The van der Waals surface area contributed by atoms with Crippen LogP contribution in [0, 0.1) is 5.82 Å². The summed E-state index contributed by atoms with van der Waals surface area (Å²) in [5.74, 6) is -0.753. The van der Waals surface area contributed by atoms with Gasteiger partial charge in [0.25, 0.3) is 5.91 Å². The van der Waals surface area contributed by atoms with Crippen LogP contribution in [0.1, 0.15) is 23.8 Å². The molecule has 0 unspecified atom stereocenters. The Morgan fingerprint density at radius 1 is 1.48 bits per heavy atom. The summed E-state index contributed by atoms with van der Waals surface area (Å²) in [6.45, 7) is 1.92. The zero-order valence-electron chi connectivity index (χ0n) is 12.7. The third-order valence-electron chi connectivity index (χ3n) is 4.24. The number of nitrogens with one attached hydrogen (secondary N) is 1. The maximum Gasteiger partial charge on any atom is 0.271 e. The number of aromatic amines is 1. The first-order chi connectivity index (χ1) is 10.9. The Bertz CT molecular complexity index is 729. The van der Waals surface area contributed by atoms with E-state index in [4.69, 9.17) is 0 Å². The molecule has 1 fully saturated rings. The number of likely N-dealkylation sites (tertiary alicyclic amines) is 1. The number of hydrogen-bond acceptors (Lipinski definition) is 4. The first-order valence-electron chi connectivity index (χ1n) is 7.38. The summed E-state index contributed by atoms with van der Waals surface area (Å²) in [5, 5.41) is 26.4. The summed E-state index contributed by atoms with van der Waals surface area (Å²) in [5.41, 5.74) is -0.319. The average Bonchev–Trinajstić information content (AvgIpc) is 2.99. The molecule has 2 heterocycles. The van der Waals surface area contributed by atoms with Crippen molar-refractivity contribution >= 4 is 5.91 Å². The minimum absolute atomic E-state index is 0.0416. The van der Waals surface area contributed by atoms with Gasteiger partial charge in [-0.25, -0.2) is 4.39 Å². The van der Waals surface area contributed by atoms with Gasteiger partial charge in [-0.05, 0) is 31.5 Å². The van der Waals surface area contributed by atoms with Gasteiger partial charge in [0.2, 0.25) is 0 Å². The SMILES string of the molecule is C[C@]1(O)CCN(C(=O)c2cc(-c3ccccc3F)n[nH]2)C[C@@H]1O. The minimum atomic E-state index is -1.19. The Labute approximate surface area is 132 Å². The fraction of sp³-hybridized carbons (Fsp3) is 0.375. The fourth-order valence-electron chi connectivity index (χ4n) is 2.62. The second-order valence-electron chi connectivity index (χ2n) is 6.02. The highest BCUT2D eigenvalue weighted by Gasteiger charge is 2.38. The van der Waals surface area contributed by atoms with Crippen molar-refractivity contribution in [1.29, 1.82) is 0 Å². The van der Waals surface area contributed by atoms with Crippen LogP contribution in [-0.4, -0.2) is 56.0 Å². The van der Waals surface area contributed by atoms with Gasteiger partial charge >= 0.3 is 0 Å². The van der Waals surface area contributed by atoms with Crippen molar-refractivity contribution in [2.24, 2.45) is 0 Å². The van der Waals surface area contributed by atoms with Crippen LogP contribution in [0.4, 0.5) is 4.39 Å². The minimum Gasteiger partial charge on any atom is -0.388 e. The van der Waals surface area contributed by atoms with Gasteiger partial charge in [0.1, 0.15) is 11.5 Å². The monoisotopic (exact) mass is 319 g/mol. The fourth-order valence-corrected chi connectivity index (χ4v) is 2.62. The van der Waals surface area contributed by atoms with Gasteiger partial charge in [0.15, 0.2) is 0 Å². The number of hydrogen-bond donors (Lipinski definition) is 3. The number of aliphatic hydroxyl groups is 2. The van der Waals surface area contributed by atoms with Crippen molar-refractivity contribution < 1.29 is 19.4 Å². The summed E-state index contributed by atoms with van der Waals surface area (Å²) >= 11 is 0. The molecule has 3 rings (SSSR count). The van der Waals surface area contributed by atoms with Crippen LogP contribution in [0.25, 0.3) is 11.3 Å². The number of amides is 1. The number of nitrogens with zero attached hydrogens (tertiary/aromatic N) is 2. The number of benzene rings is 1. The quantitative estimate of drug-likeness (QED) is 0.775. The van der Waals surface area contributed by atoms with Crippen molar-refractivity contribution in [3.05, 3.63) is 41.8 Å². The molecule has 1 amide bonds. The summed E-state index contributed by atoms with van der Waals surface area (Å²) in [4.78, 5) is 13.9. The molecule has 0 saturated carbocycles. The summed E-state index contributed by atoms with van der Waals surface area (Å²) in [6.07, 6.45) is -0.719. The highest BCUT2D eigenvalue weighted by atomic mass is 19.1. The molecule has 3 N–H and O–H groups in total. The molecule has 1 saturated heterocycles. The van der Waals surface area contributed by atoms with Crippen LogP contribution in [0.15, 0.2) is 30.3 Å². The number of carbonyl (C=O) groups is 1. The maximum absolute atomic E-state index is 13.8. The number of carbonyl (C=O) groups excluding carboxylic acids is 1. The van der Waals surface area contributed by atoms with Crippen LogP contribution in [0.3, 0.4) is 0 Å². The van der Waals surface area contributed by atoms with E-state index in [1.54, 1.807) is 25.1 Å². The van der Waals surface area contributed by atoms with Crippen molar-refractivity contribution in [2.45, 2.75) is 25.0 Å². The molecule has 1 aliphatic rings. The lowest BCUT2D eigenvalue weighted by Gasteiger charge is -2.39. The smallest absolute Gasteiger partial charge is 0.271 e. The molecule has 1 aromatic heterocycles. The van der Waals surface area contributed by atoms with Gasteiger partial charge < -0.3 is 15.1 Å². The summed E-state index contributed by atoms with van der Waals surface area (Å²) in [6, 6.07) is 7.67. The zero-order valence-corrected chi connectivity index (χ0v) is 12.7. The largest absolute Gasteiger partial charge is 0.388 e. The van der Waals surface area contributed by atoms with Gasteiger partial charge in [-0.15, -0.1) is 0 Å². The topological polar surface area (TPSA) is 89.5 Å². The van der Waals surface area contributed by atoms with Gasteiger partial charge in [0, 0.05) is 18.7 Å². The van der Waals surface area contributed by atoms with Gasteiger partial charge in [-0.2, -0.15) is 5.10 Å². The van der Waals surface area contributed by atoms with Crippen molar-refractivity contribution in [3.63, 3.8) is 0 Å². The third-order valence-corrected chi connectivity index (χ3v) is 4.24. The molecule has 0 aliphatic carbocycles. The van der Waals surface area contributed by atoms with E-state index in [9.17, 15) is 19.4 Å². The highest BCUT2D eigenvalue weighted by Crippen LogP contribution is 2.25. The Kier molecular flexibility index (Phi) is 3.91. The average molecular weight is 319 g/mol. The zero-order chi connectivity index (χ0) is 16.6. The first kappa shape index (κ1) is 15.6. The molecule has 0 bridgehead atoms. The summed E-state index contributed by atoms with van der Waals surface area (Å²) in [7, 11) is 0. The van der Waals surface area contributed by atoms with E-state index >= 15 is 0 Å². The van der Waals surface area contributed by atoms with E-state index in [-0.39, 0.29) is 24.6 Å². The molecular weight excluding hydrogens is 301 g/mol. The molecule has 122 valence electrons. The van der Waals surface area contributed by atoms with Gasteiger partial charge in [-0.1, -0.05) is 12.1 Å². The molecule has 1 aromatic carbocycles. The van der Waals surface area contributed by atoms with Crippen LogP contribution in [0.2, 0.25) is 0 Å². The Morgan fingerprint density at radius 3 is 2.91 bits per heavy atom. The molecule has 2 aromatic rings. The van der Waals surface area contributed by atoms with Gasteiger partial charge in [0.05, 0.1) is 17.4 Å². The highest BCUT2D eigenvalue weighted by molar-refractivity contribution is 5.93. The molecule has 1 aliphatic heterocycles. The number of piperidine rings is 1. The van der Waals surface area contributed by atoms with E-state index in [0.29, 0.717) is 17.8 Å². The number of H-pyrrole nitrogens is 1. The molecular formula is C16H18FN3O3. The number of rotatable bonds is 2. The molecule has 2 atom stereocenters. The lowest BCUT2D eigenvalue weighted by molar-refractivity contribution is -0.0999. The Morgan fingerprint density at radius 2 is 2.22 bits per heavy atom. The maximum atomic E-state index is 13.8. The van der Waals surface area contributed by atoms with E-state index in [2.05, 4.69) is 10.2 Å². The predicted octanol–water partition coefficient (Wildman–Crippen LogP) is 1.17. The first-order valence-corrected chi connectivity index (χ1v) is 7.38. The second-order valence-corrected chi connectivity index (χ2v) is 6.02. The van der Waals surface area contributed by atoms with Crippen molar-refractivity contribution in [1.82, 2.24) is 15.1 Å². The van der Waals surface area contributed by atoms with Crippen LogP contribution < -0.4 is 0 Å². The molecule has 0 spiro atoms. The van der Waals surface area contributed by atoms with E-state index < -0.39 is 17.5 Å². The number of β-amino-alcohol motifs (C(OH)–C–C–N with tert-alkyl or cyclic N) is 1. The number of aromatic nitrogens is 2. The Balaban J connectivity index is 1.79. The Hall–Kier alpha value is -2.25. The molecule has 7 heteroatoms. The lowest BCUT2D eigenvalue weighted by atomic mass is 9.90. The van der Waals surface area contributed by atoms with E-state index in [1.807, 2.05) is 0 Å². The van der Waals surface area contributed by atoms with Crippen LogP contribution in [0.5, 0.6) is 0 Å². The predicted molar refractivity (Wildman–Crippen MR) is 81.1 cm³/mol. The number of halogens is 1. The third kappa shape index (κ3) is 2.97. The second kappa shape index (κ2) is 5.75. The molecule has 6 nitrogen and oxygen atoms in total. The van der Waals surface area contributed by atoms with Crippen LogP contribution in [-0.2, 0) is 0 Å². The van der Waals surface area contributed by atoms with Gasteiger partial charge in [-0.3, -0.25) is 9.89 Å². The van der Waals surface area contributed by atoms with E-state index in [0.717, 1.165) is 0 Å². The molecule has 0 radical (unpaired) electrons. The summed E-state index contributed by atoms with van der Waals surface area (Å²) < 4.78 is 13.8. The molecule has 23 heavy (non-hydrogen) atoms. The van der Waals surface area contributed by atoms with E-state index in [1.165, 1.54) is 17.0 Å². The van der Waals surface area contributed by atoms with Crippen molar-refractivity contribution in [3.8, 4) is 11.3 Å². The standard InChI is InChI=1S/C16H18FN3O3/c1-16(23)6-7-20(9-14(16)21)15(22)13-8-12(18-19-13)10-4-2-3-5-11(10)17/h2-5,8,14,21,23H,6-7,9H2,1H3,(H,18,19)/t14-,16-/m0/s1. The normalized spacial score (nSPS) is 24.7. The van der Waals surface area contributed by atoms with Crippen LogP contribution >= 0.6 is 0 Å².